The zero-order valence-corrected chi connectivity index (χ0v) is 7.70. The van der Waals surface area contributed by atoms with Crippen LogP contribution in [0.3, 0.4) is 0 Å². The molecule has 0 aromatic heterocycles. The second-order valence-electron chi connectivity index (χ2n) is 2.37. The van der Waals surface area contributed by atoms with Crippen molar-refractivity contribution < 1.29 is 19.1 Å². The largest absolute Gasteiger partial charge is 0.460 e. The van der Waals surface area contributed by atoms with Gasteiger partial charge in [0.25, 0.3) is 0 Å². The summed E-state index contributed by atoms with van der Waals surface area (Å²) in [6, 6.07) is -0.281. The van der Waals surface area contributed by atoms with Crippen LogP contribution in [0.15, 0.2) is 12.7 Å². The average Bonchev–Trinajstić information content (AvgIpc) is 2.13. The van der Waals surface area contributed by atoms with Crippen molar-refractivity contribution in [3.8, 4) is 0 Å². The first-order valence-electron chi connectivity index (χ1n) is 3.73. The van der Waals surface area contributed by atoms with Crippen molar-refractivity contribution >= 4 is 12.1 Å². The van der Waals surface area contributed by atoms with Crippen molar-refractivity contribution in [1.29, 1.82) is 0 Å². The highest BCUT2D eigenvalue weighted by molar-refractivity contribution is 5.81. The maximum atomic E-state index is 10.6. The molecule has 0 fully saturated rings. The van der Waals surface area contributed by atoms with E-state index >= 15 is 0 Å². The highest BCUT2D eigenvalue weighted by atomic mass is 16.5. The summed E-state index contributed by atoms with van der Waals surface area (Å²) in [7, 11) is 1.26. The van der Waals surface area contributed by atoms with Gasteiger partial charge in [0.1, 0.15) is 6.61 Å². The van der Waals surface area contributed by atoms with E-state index in [1.54, 1.807) is 6.92 Å². The highest BCUT2D eigenvalue weighted by Crippen LogP contribution is 1.87. The molecule has 0 bridgehead atoms. The first-order valence-corrected chi connectivity index (χ1v) is 3.73. The number of methoxy groups -OCH3 is 1. The third-order valence-electron chi connectivity index (χ3n) is 1.19. The van der Waals surface area contributed by atoms with Gasteiger partial charge in [-0.1, -0.05) is 6.58 Å². The number of hydrogen-bond acceptors (Lipinski definition) is 4. The molecule has 1 unspecified atom stereocenters. The minimum absolute atomic E-state index is 0.0972. The number of nitrogens with one attached hydrogen (secondary N) is 1. The maximum Gasteiger partial charge on any atom is 0.407 e. The molecule has 0 radical (unpaired) electrons. The molecular weight excluding hydrogens is 174 g/mol. The summed E-state index contributed by atoms with van der Waals surface area (Å²) in [4.78, 5) is 21.2. The van der Waals surface area contributed by atoms with Crippen LogP contribution in [0, 0.1) is 0 Å². The Hall–Kier alpha value is -1.52. The third kappa shape index (κ3) is 5.72. The van der Waals surface area contributed by atoms with E-state index in [0.29, 0.717) is 0 Å². The van der Waals surface area contributed by atoms with E-state index in [2.05, 4.69) is 21.4 Å². The summed E-state index contributed by atoms with van der Waals surface area (Å²) in [5, 5.41) is 2.44. The smallest absolute Gasteiger partial charge is 0.407 e. The van der Waals surface area contributed by atoms with Crippen molar-refractivity contribution in [3.63, 3.8) is 0 Å². The van der Waals surface area contributed by atoms with Crippen molar-refractivity contribution in [1.82, 2.24) is 5.32 Å². The van der Waals surface area contributed by atoms with Gasteiger partial charge in [0, 0.05) is 6.08 Å². The van der Waals surface area contributed by atoms with Crippen LogP contribution in [-0.2, 0) is 14.3 Å². The topological polar surface area (TPSA) is 64.6 Å². The normalized spacial score (nSPS) is 11.2. The SMILES string of the molecule is C=CC(=O)OCC(C)NC(=O)OC. The predicted molar refractivity (Wildman–Crippen MR) is 46.2 cm³/mol. The maximum absolute atomic E-state index is 10.6. The summed E-state index contributed by atoms with van der Waals surface area (Å²) in [6.07, 6.45) is 0.507. The van der Waals surface area contributed by atoms with E-state index in [1.807, 2.05) is 0 Å². The molecule has 0 aliphatic rings. The quantitative estimate of drug-likeness (QED) is 0.513. The van der Waals surface area contributed by atoms with Crippen molar-refractivity contribution in [2.45, 2.75) is 13.0 Å². The van der Waals surface area contributed by atoms with Gasteiger partial charge < -0.3 is 14.8 Å². The fraction of sp³-hybridized carbons (Fsp3) is 0.500. The van der Waals surface area contributed by atoms with Gasteiger partial charge in [0.05, 0.1) is 13.2 Å². The van der Waals surface area contributed by atoms with E-state index < -0.39 is 12.1 Å². The van der Waals surface area contributed by atoms with E-state index in [1.165, 1.54) is 7.11 Å². The summed E-state index contributed by atoms with van der Waals surface area (Å²) in [5.41, 5.74) is 0. The van der Waals surface area contributed by atoms with Gasteiger partial charge in [-0.2, -0.15) is 0 Å². The zero-order chi connectivity index (χ0) is 10.3. The van der Waals surface area contributed by atoms with Crippen molar-refractivity contribution in [2.75, 3.05) is 13.7 Å². The van der Waals surface area contributed by atoms with Crippen LogP contribution < -0.4 is 5.32 Å². The first kappa shape index (κ1) is 11.5. The molecule has 13 heavy (non-hydrogen) atoms. The van der Waals surface area contributed by atoms with Crippen molar-refractivity contribution in [2.24, 2.45) is 0 Å². The summed E-state index contributed by atoms with van der Waals surface area (Å²) >= 11 is 0. The molecule has 5 nitrogen and oxygen atoms in total. The van der Waals surface area contributed by atoms with Crippen LogP contribution in [0.1, 0.15) is 6.92 Å². The minimum atomic E-state index is -0.554. The highest BCUT2D eigenvalue weighted by Gasteiger charge is 2.07. The fourth-order valence-electron chi connectivity index (χ4n) is 0.568. The molecule has 5 heteroatoms. The molecule has 0 aliphatic carbocycles. The Kier molecular flexibility index (Phi) is 5.34. The van der Waals surface area contributed by atoms with Gasteiger partial charge in [0.15, 0.2) is 0 Å². The molecule has 74 valence electrons. The molecule has 0 heterocycles. The molecule has 0 spiro atoms. The third-order valence-corrected chi connectivity index (χ3v) is 1.19. The van der Waals surface area contributed by atoms with Crippen LogP contribution >= 0.6 is 0 Å². The van der Waals surface area contributed by atoms with Gasteiger partial charge in [-0.3, -0.25) is 0 Å². The Morgan fingerprint density at radius 3 is 2.69 bits per heavy atom. The molecule has 1 atom stereocenters. The summed E-state index contributed by atoms with van der Waals surface area (Å²) < 4.78 is 9.01. The zero-order valence-electron chi connectivity index (χ0n) is 7.70. The van der Waals surface area contributed by atoms with Crippen LogP contribution in [-0.4, -0.2) is 31.8 Å². The number of carbonyl (C=O) groups excluding carboxylic acids is 2. The van der Waals surface area contributed by atoms with Crippen LogP contribution in [0.2, 0.25) is 0 Å². The van der Waals surface area contributed by atoms with Crippen LogP contribution in [0.5, 0.6) is 0 Å². The number of hydrogen-bond donors (Lipinski definition) is 1. The number of carbonyl (C=O) groups is 2. The number of amides is 1. The molecule has 0 aromatic carbocycles. The molecule has 1 N–H and O–H groups in total. The van der Waals surface area contributed by atoms with E-state index in [4.69, 9.17) is 0 Å². The number of ether oxygens (including phenoxy) is 2. The second kappa shape index (κ2) is 6.05. The predicted octanol–water partition coefficient (Wildman–Crippen LogP) is 0.460. The Balaban J connectivity index is 3.62. The van der Waals surface area contributed by atoms with Gasteiger partial charge in [-0.25, -0.2) is 9.59 Å². The summed E-state index contributed by atoms with van der Waals surface area (Å²) in [5.74, 6) is -0.515. The molecule has 0 saturated carbocycles. The molecular formula is C8H13NO4. The summed E-state index contributed by atoms with van der Waals surface area (Å²) in [6.45, 7) is 5.01. The average molecular weight is 187 g/mol. The second-order valence-corrected chi connectivity index (χ2v) is 2.37. The monoisotopic (exact) mass is 187 g/mol. The molecule has 0 saturated heterocycles. The Morgan fingerprint density at radius 1 is 1.62 bits per heavy atom. The fourth-order valence-corrected chi connectivity index (χ4v) is 0.568. The molecule has 1 amide bonds. The van der Waals surface area contributed by atoms with Gasteiger partial charge >= 0.3 is 12.1 Å². The lowest BCUT2D eigenvalue weighted by molar-refractivity contribution is -0.138. The lowest BCUT2D eigenvalue weighted by Crippen LogP contribution is -2.36. The van der Waals surface area contributed by atoms with E-state index in [-0.39, 0.29) is 12.6 Å². The Labute approximate surface area is 76.7 Å². The number of alkyl carbamates (subject to hydrolysis) is 1. The minimum Gasteiger partial charge on any atom is -0.460 e. The Morgan fingerprint density at radius 2 is 2.23 bits per heavy atom. The van der Waals surface area contributed by atoms with Crippen LogP contribution in [0.25, 0.3) is 0 Å². The van der Waals surface area contributed by atoms with E-state index in [9.17, 15) is 9.59 Å². The lowest BCUT2D eigenvalue weighted by atomic mass is 10.4. The molecule has 0 aliphatic heterocycles. The number of rotatable bonds is 4. The number of esters is 1. The van der Waals surface area contributed by atoms with Crippen molar-refractivity contribution in [3.05, 3.63) is 12.7 Å². The van der Waals surface area contributed by atoms with Gasteiger partial charge in [0.2, 0.25) is 0 Å². The molecule has 0 aromatic rings. The first-order chi connectivity index (χ1) is 6.10. The lowest BCUT2D eigenvalue weighted by Gasteiger charge is -2.11. The van der Waals surface area contributed by atoms with Gasteiger partial charge in [-0.05, 0) is 6.92 Å². The molecule has 0 rings (SSSR count). The van der Waals surface area contributed by atoms with Crippen LogP contribution in [0.4, 0.5) is 4.79 Å². The van der Waals surface area contributed by atoms with Gasteiger partial charge in [-0.15, -0.1) is 0 Å². The Bertz CT molecular complexity index is 202. The standard InChI is InChI=1S/C8H13NO4/c1-4-7(10)13-5-6(2)9-8(11)12-3/h4,6H,1,5H2,2-3H3,(H,9,11). The van der Waals surface area contributed by atoms with E-state index in [0.717, 1.165) is 6.08 Å².